The molecule has 2 saturated carbocycles. The molecule has 1 heterocycles. The van der Waals surface area contributed by atoms with E-state index in [-0.39, 0.29) is 12.2 Å². The van der Waals surface area contributed by atoms with Gasteiger partial charge < -0.3 is 14.3 Å². The van der Waals surface area contributed by atoms with Gasteiger partial charge in [0.25, 0.3) is 0 Å². The van der Waals surface area contributed by atoms with Gasteiger partial charge in [0.05, 0.1) is 12.2 Å². The van der Waals surface area contributed by atoms with Gasteiger partial charge >= 0.3 is 7.32 Å². The highest BCUT2D eigenvalue weighted by Crippen LogP contribution is 2.39. The highest BCUT2D eigenvalue weighted by atomic mass is 16.7. The summed E-state index contributed by atoms with van der Waals surface area (Å²) >= 11 is 0. The molecule has 3 fully saturated rings. The van der Waals surface area contributed by atoms with Gasteiger partial charge in [0.1, 0.15) is 0 Å². The van der Waals surface area contributed by atoms with E-state index in [1.54, 1.807) is 0 Å². The Kier molecular flexibility index (Phi) is 4.27. The molecule has 0 aromatic carbocycles. The topological polar surface area (TPSA) is 38.7 Å². The van der Waals surface area contributed by atoms with Crippen LogP contribution in [-0.4, -0.2) is 24.6 Å². The number of hydrogen-bond donors (Lipinski definition) is 1. The van der Waals surface area contributed by atoms with Crippen LogP contribution in [-0.2, 0) is 9.31 Å². The maximum Gasteiger partial charge on any atom is 0.637 e. The lowest BCUT2D eigenvalue weighted by Gasteiger charge is -2.35. The van der Waals surface area contributed by atoms with E-state index >= 15 is 0 Å². The van der Waals surface area contributed by atoms with Crippen LogP contribution in [0.3, 0.4) is 0 Å². The first-order chi connectivity index (χ1) is 8.84. The summed E-state index contributed by atoms with van der Waals surface area (Å²) in [4.78, 5) is 0. The summed E-state index contributed by atoms with van der Waals surface area (Å²) in [6, 6.07) is 0. The minimum absolute atomic E-state index is 0.156. The molecule has 0 spiro atoms. The molecule has 0 amide bonds. The predicted octanol–water partition coefficient (Wildman–Crippen LogP) is 2.91. The lowest BCUT2D eigenvalue weighted by atomic mass is 9.77. The van der Waals surface area contributed by atoms with Crippen molar-refractivity contribution in [2.24, 2.45) is 11.8 Å². The van der Waals surface area contributed by atoms with E-state index in [1.807, 2.05) is 0 Å². The maximum absolute atomic E-state index is 9.69. The third-order valence-electron chi connectivity index (χ3n) is 5.10. The Bertz CT molecular complexity index is 236. The van der Waals surface area contributed by atoms with Crippen molar-refractivity contribution in [1.29, 1.82) is 0 Å². The lowest BCUT2D eigenvalue weighted by Crippen LogP contribution is -2.38. The molecule has 1 N–H and O–H groups in total. The normalized spacial score (nSPS) is 36.2. The fraction of sp³-hybridized carbons (Fsp3) is 1.00. The van der Waals surface area contributed by atoms with Crippen LogP contribution in [0.5, 0.6) is 0 Å². The quantitative estimate of drug-likeness (QED) is 0.768. The molecule has 2 atom stereocenters. The second-order valence-electron chi connectivity index (χ2n) is 6.30. The van der Waals surface area contributed by atoms with Crippen molar-refractivity contribution < 1.29 is 14.3 Å². The van der Waals surface area contributed by atoms with E-state index in [0.717, 1.165) is 0 Å². The van der Waals surface area contributed by atoms with Gasteiger partial charge in [0.15, 0.2) is 0 Å². The predicted molar refractivity (Wildman–Crippen MR) is 70.9 cm³/mol. The van der Waals surface area contributed by atoms with Gasteiger partial charge in [0, 0.05) is 0 Å². The van der Waals surface area contributed by atoms with Gasteiger partial charge in [-0.15, -0.1) is 0 Å². The van der Waals surface area contributed by atoms with E-state index < -0.39 is 7.32 Å². The molecular weight excluding hydrogens is 227 g/mol. The fourth-order valence-electron chi connectivity index (χ4n) is 4.14. The first kappa shape index (κ1) is 13.0. The molecule has 0 aromatic rings. The summed E-state index contributed by atoms with van der Waals surface area (Å²) in [6.45, 7) is 0. The lowest BCUT2D eigenvalue weighted by molar-refractivity contribution is 0.0324. The van der Waals surface area contributed by atoms with Gasteiger partial charge in [-0.3, -0.25) is 0 Å². The molecular formula is C14H25BO3. The van der Waals surface area contributed by atoms with Crippen molar-refractivity contribution in [2.75, 3.05) is 0 Å². The Balaban J connectivity index is 1.65. The second-order valence-corrected chi connectivity index (χ2v) is 6.30. The van der Waals surface area contributed by atoms with E-state index in [1.165, 1.54) is 64.2 Å². The zero-order valence-corrected chi connectivity index (χ0v) is 11.2. The van der Waals surface area contributed by atoms with Crippen molar-refractivity contribution in [3.8, 4) is 0 Å². The summed E-state index contributed by atoms with van der Waals surface area (Å²) < 4.78 is 11.4. The molecule has 0 aromatic heterocycles. The molecule has 3 nitrogen and oxygen atoms in total. The highest BCUT2D eigenvalue weighted by Gasteiger charge is 2.46. The van der Waals surface area contributed by atoms with Crippen LogP contribution in [0.1, 0.15) is 64.2 Å². The van der Waals surface area contributed by atoms with Crippen LogP contribution < -0.4 is 0 Å². The van der Waals surface area contributed by atoms with Crippen molar-refractivity contribution >= 4 is 7.32 Å². The van der Waals surface area contributed by atoms with Crippen LogP contribution in [0.25, 0.3) is 0 Å². The molecule has 2 aliphatic carbocycles. The molecule has 1 saturated heterocycles. The molecule has 0 bridgehead atoms. The molecule has 102 valence electrons. The minimum atomic E-state index is -0.969. The summed E-state index contributed by atoms with van der Waals surface area (Å²) in [7, 11) is -0.969. The van der Waals surface area contributed by atoms with Crippen molar-refractivity contribution in [3.05, 3.63) is 0 Å². The summed E-state index contributed by atoms with van der Waals surface area (Å²) in [5.74, 6) is 1.23. The van der Waals surface area contributed by atoms with E-state index in [9.17, 15) is 5.02 Å². The monoisotopic (exact) mass is 252 g/mol. The van der Waals surface area contributed by atoms with Gasteiger partial charge in [-0.05, 0) is 37.5 Å². The van der Waals surface area contributed by atoms with E-state index in [2.05, 4.69) is 0 Å². The standard InChI is InChI=1S/C14H25BO3/c16-15-17-13(11-7-3-1-4-8-11)14(18-15)12-9-5-2-6-10-12/h11-14,16H,1-10H2/t13-,14-/m1/s1. The molecule has 3 aliphatic rings. The third-order valence-corrected chi connectivity index (χ3v) is 5.10. The van der Waals surface area contributed by atoms with Gasteiger partial charge in [-0.1, -0.05) is 38.5 Å². The van der Waals surface area contributed by atoms with Crippen LogP contribution in [0.15, 0.2) is 0 Å². The minimum Gasteiger partial charge on any atom is -0.402 e. The summed E-state index contributed by atoms with van der Waals surface area (Å²) in [5.41, 5.74) is 0. The van der Waals surface area contributed by atoms with Gasteiger partial charge in [-0.25, -0.2) is 0 Å². The Morgan fingerprint density at radius 1 is 0.667 bits per heavy atom. The Morgan fingerprint density at radius 3 is 1.44 bits per heavy atom. The summed E-state index contributed by atoms with van der Waals surface area (Å²) in [5, 5.41) is 9.69. The zero-order valence-electron chi connectivity index (χ0n) is 11.2. The molecule has 4 heteroatoms. The Labute approximate surface area is 110 Å². The van der Waals surface area contributed by atoms with Crippen LogP contribution in [0.2, 0.25) is 0 Å². The van der Waals surface area contributed by atoms with Crippen molar-refractivity contribution in [1.82, 2.24) is 0 Å². The van der Waals surface area contributed by atoms with Crippen molar-refractivity contribution in [2.45, 2.75) is 76.4 Å². The molecule has 18 heavy (non-hydrogen) atoms. The highest BCUT2D eigenvalue weighted by molar-refractivity contribution is 6.35. The molecule has 0 unspecified atom stereocenters. The largest absolute Gasteiger partial charge is 0.637 e. The number of rotatable bonds is 2. The second kappa shape index (κ2) is 5.93. The van der Waals surface area contributed by atoms with Gasteiger partial charge in [0.2, 0.25) is 0 Å². The molecule has 3 rings (SSSR count). The van der Waals surface area contributed by atoms with E-state index in [0.29, 0.717) is 11.8 Å². The first-order valence-corrected chi connectivity index (χ1v) is 7.83. The summed E-state index contributed by atoms with van der Waals surface area (Å²) in [6.07, 6.45) is 13.3. The van der Waals surface area contributed by atoms with Crippen LogP contribution >= 0.6 is 0 Å². The molecule has 0 radical (unpaired) electrons. The maximum atomic E-state index is 9.69. The van der Waals surface area contributed by atoms with Crippen LogP contribution in [0, 0.1) is 11.8 Å². The average molecular weight is 252 g/mol. The number of hydrogen-bond acceptors (Lipinski definition) is 3. The van der Waals surface area contributed by atoms with Crippen molar-refractivity contribution in [3.63, 3.8) is 0 Å². The van der Waals surface area contributed by atoms with Gasteiger partial charge in [-0.2, -0.15) is 0 Å². The Morgan fingerprint density at radius 2 is 1.06 bits per heavy atom. The van der Waals surface area contributed by atoms with Crippen LogP contribution in [0.4, 0.5) is 0 Å². The zero-order chi connectivity index (χ0) is 12.4. The SMILES string of the molecule is OB1O[C@H](C2CCCCC2)[C@@H](C2CCCCC2)O1. The first-order valence-electron chi connectivity index (χ1n) is 7.83. The molecule has 1 aliphatic heterocycles. The fourth-order valence-corrected chi connectivity index (χ4v) is 4.14. The van der Waals surface area contributed by atoms with E-state index in [4.69, 9.17) is 9.31 Å². The third kappa shape index (κ3) is 2.76. The average Bonchev–Trinajstić information content (AvgIpc) is 2.83. The smallest absolute Gasteiger partial charge is 0.402 e. The Hall–Kier alpha value is -0.0551.